The Bertz CT molecular complexity index is 866. The SMILES string of the molecule is CCN(CC)CCNCC(=O)N1CCN(S(=O)(=O)c2ccc(C)cc2)CC1.O=C(O)C(=O)O. The van der Waals surface area contributed by atoms with E-state index in [2.05, 4.69) is 24.1 Å². The second kappa shape index (κ2) is 13.9. The average Bonchev–Trinajstić information content (AvgIpc) is 2.79. The summed E-state index contributed by atoms with van der Waals surface area (Å²) in [6, 6.07) is 6.89. The van der Waals surface area contributed by atoms with Crippen LogP contribution in [0, 0.1) is 6.92 Å². The lowest BCUT2D eigenvalue weighted by atomic mass is 10.2. The van der Waals surface area contributed by atoms with E-state index in [0.29, 0.717) is 37.6 Å². The van der Waals surface area contributed by atoms with Crippen molar-refractivity contribution in [3.63, 3.8) is 0 Å². The molecule has 0 atom stereocenters. The van der Waals surface area contributed by atoms with Gasteiger partial charge in [0.15, 0.2) is 0 Å². The highest BCUT2D eigenvalue weighted by molar-refractivity contribution is 7.89. The molecule has 1 aliphatic rings. The van der Waals surface area contributed by atoms with Gasteiger partial charge in [-0.1, -0.05) is 31.5 Å². The Hall–Kier alpha value is -2.54. The summed E-state index contributed by atoms with van der Waals surface area (Å²) < 4.78 is 26.9. The van der Waals surface area contributed by atoms with Crippen LogP contribution in [0.1, 0.15) is 19.4 Å². The number of hydrogen-bond acceptors (Lipinski definition) is 7. The van der Waals surface area contributed by atoms with Gasteiger partial charge in [-0.3, -0.25) is 4.79 Å². The van der Waals surface area contributed by atoms with Crippen molar-refractivity contribution in [2.75, 3.05) is 58.9 Å². The number of nitrogens with zero attached hydrogens (tertiary/aromatic N) is 3. The third kappa shape index (κ3) is 9.46. The summed E-state index contributed by atoms with van der Waals surface area (Å²) >= 11 is 0. The Labute approximate surface area is 195 Å². The van der Waals surface area contributed by atoms with Crippen LogP contribution in [-0.4, -0.2) is 109 Å². The fourth-order valence-electron chi connectivity index (χ4n) is 3.12. The fraction of sp³-hybridized carbons (Fsp3) is 0.571. The zero-order valence-electron chi connectivity index (χ0n) is 19.4. The quantitative estimate of drug-likeness (QED) is 0.322. The van der Waals surface area contributed by atoms with E-state index >= 15 is 0 Å². The van der Waals surface area contributed by atoms with E-state index < -0.39 is 22.0 Å². The predicted octanol–water partition coefficient (Wildman–Crippen LogP) is -0.0851. The van der Waals surface area contributed by atoms with Gasteiger partial charge in [-0.25, -0.2) is 18.0 Å². The van der Waals surface area contributed by atoms with Crippen LogP contribution in [0.5, 0.6) is 0 Å². The van der Waals surface area contributed by atoms with Crippen molar-refractivity contribution < 1.29 is 33.0 Å². The maximum atomic E-state index is 12.7. The van der Waals surface area contributed by atoms with Crippen LogP contribution in [0.3, 0.4) is 0 Å². The monoisotopic (exact) mass is 486 g/mol. The highest BCUT2D eigenvalue weighted by Gasteiger charge is 2.29. The summed E-state index contributed by atoms with van der Waals surface area (Å²) in [6.45, 7) is 11.7. The number of aryl methyl sites for hydroxylation is 1. The molecule has 1 aromatic carbocycles. The van der Waals surface area contributed by atoms with E-state index in [-0.39, 0.29) is 5.91 Å². The van der Waals surface area contributed by atoms with Crippen molar-refractivity contribution in [2.24, 2.45) is 0 Å². The highest BCUT2D eigenvalue weighted by atomic mass is 32.2. The van der Waals surface area contributed by atoms with Gasteiger partial charge in [0, 0.05) is 39.3 Å². The molecule has 11 nitrogen and oxygen atoms in total. The average molecular weight is 487 g/mol. The molecule has 0 aliphatic carbocycles. The lowest BCUT2D eigenvalue weighted by Crippen LogP contribution is -2.52. The summed E-state index contributed by atoms with van der Waals surface area (Å²) in [6.07, 6.45) is 0. The van der Waals surface area contributed by atoms with Crippen molar-refractivity contribution in [1.29, 1.82) is 0 Å². The van der Waals surface area contributed by atoms with Crippen LogP contribution in [-0.2, 0) is 24.4 Å². The van der Waals surface area contributed by atoms with Crippen molar-refractivity contribution in [3.05, 3.63) is 29.8 Å². The zero-order valence-corrected chi connectivity index (χ0v) is 20.2. The second-order valence-electron chi connectivity index (χ2n) is 7.41. The minimum absolute atomic E-state index is 0.0296. The van der Waals surface area contributed by atoms with Gasteiger partial charge >= 0.3 is 11.9 Å². The van der Waals surface area contributed by atoms with Crippen LogP contribution in [0.25, 0.3) is 0 Å². The summed E-state index contributed by atoms with van der Waals surface area (Å²) in [7, 11) is -3.49. The molecule has 33 heavy (non-hydrogen) atoms. The summed E-state index contributed by atoms with van der Waals surface area (Å²) in [5.74, 6) is -3.62. The lowest BCUT2D eigenvalue weighted by Gasteiger charge is -2.34. The van der Waals surface area contributed by atoms with Gasteiger partial charge in [0.25, 0.3) is 0 Å². The molecule has 1 saturated heterocycles. The molecule has 1 aromatic rings. The minimum Gasteiger partial charge on any atom is -0.473 e. The Balaban J connectivity index is 0.000000801. The first kappa shape index (κ1) is 28.5. The van der Waals surface area contributed by atoms with Crippen LogP contribution in [0.15, 0.2) is 29.2 Å². The number of nitrogens with one attached hydrogen (secondary N) is 1. The highest BCUT2D eigenvalue weighted by Crippen LogP contribution is 2.18. The molecule has 186 valence electrons. The fourth-order valence-corrected chi connectivity index (χ4v) is 4.54. The Morgan fingerprint density at radius 1 is 0.970 bits per heavy atom. The van der Waals surface area contributed by atoms with Crippen LogP contribution in [0.2, 0.25) is 0 Å². The number of carbonyl (C=O) groups excluding carboxylic acids is 1. The summed E-state index contributed by atoms with van der Waals surface area (Å²) in [4.78, 5) is 34.9. The molecule has 2 rings (SSSR count). The van der Waals surface area contributed by atoms with Crippen LogP contribution < -0.4 is 5.32 Å². The van der Waals surface area contributed by atoms with Gasteiger partial charge in [0.1, 0.15) is 0 Å². The smallest absolute Gasteiger partial charge is 0.414 e. The van der Waals surface area contributed by atoms with Crippen molar-refractivity contribution in [1.82, 2.24) is 19.4 Å². The number of sulfonamides is 1. The van der Waals surface area contributed by atoms with Gasteiger partial charge in [0.2, 0.25) is 15.9 Å². The van der Waals surface area contributed by atoms with Gasteiger partial charge < -0.3 is 25.3 Å². The first-order valence-electron chi connectivity index (χ1n) is 10.8. The van der Waals surface area contributed by atoms with E-state index in [4.69, 9.17) is 19.8 Å². The Morgan fingerprint density at radius 3 is 1.94 bits per heavy atom. The molecule has 12 heteroatoms. The number of carboxylic acids is 2. The first-order chi connectivity index (χ1) is 15.5. The van der Waals surface area contributed by atoms with Crippen molar-refractivity contribution in [2.45, 2.75) is 25.7 Å². The second-order valence-corrected chi connectivity index (χ2v) is 9.35. The predicted molar refractivity (Wildman–Crippen MR) is 122 cm³/mol. The van der Waals surface area contributed by atoms with Gasteiger partial charge in [0.05, 0.1) is 11.4 Å². The maximum Gasteiger partial charge on any atom is 0.414 e. The molecular formula is C21H34N4O7S. The third-order valence-corrected chi connectivity index (χ3v) is 7.12. The standard InChI is InChI=1S/C19H32N4O3S.C2H2O4/c1-4-21(5-2)11-10-20-16-19(24)22-12-14-23(15-13-22)27(25,26)18-8-6-17(3)7-9-18;3-1(4)2(5)6/h6-9,20H,4-5,10-16H2,1-3H3;(H,3,4)(H,5,6). The van der Waals surface area contributed by atoms with E-state index in [9.17, 15) is 13.2 Å². The van der Waals surface area contributed by atoms with Gasteiger partial charge in [-0.15, -0.1) is 0 Å². The number of hydrogen-bond donors (Lipinski definition) is 3. The number of rotatable bonds is 9. The molecule has 1 aliphatic heterocycles. The van der Waals surface area contributed by atoms with Crippen molar-refractivity contribution >= 4 is 27.9 Å². The number of piperazine rings is 1. The number of amides is 1. The molecule has 0 radical (unpaired) electrons. The molecular weight excluding hydrogens is 452 g/mol. The number of carboxylic acid groups (broad SMARTS) is 2. The Kier molecular flexibility index (Phi) is 12.0. The molecule has 0 bridgehead atoms. The molecule has 1 fully saturated rings. The summed E-state index contributed by atoms with van der Waals surface area (Å²) in [5.41, 5.74) is 1.03. The zero-order chi connectivity index (χ0) is 25.0. The molecule has 0 spiro atoms. The Morgan fingerprint density at radius 2 is 1.48 bits per heavy atom. The van der Waals surface area contributed by atoms with Crippen LogP contribution >= 0.6 is 0 Å². The largest absolute Gasteiger partial charge is 0.473 e. The topological polar surface area (TPSA) is 148 Å². The molecule has 1 heterocycles. The molecule has 3 N–H and O–H groups in total. The molecule has 0 saturated carbocycles. The van der Waals surface area contributed by atoms with Crippen LogP contribution in [0.4, 0.5) is 0 Å². The lowest BCUT2D eigenvalue weighted by molar-refractivity contribution is -0.159. The minimum atomic E-state index is -3.49. The normalized spacial score (nSPS) is 14.5. The molecule has 0 aromatic heterocycles. The number of carbonyl (C=O) groups is 3. The first-order valence-corrected chi connectivity index (χ1v) is 12.2. The summed E-state index contributed by atoms with van der Waals surface area (Å²) in [5, 5.41) is 18.0. The maximum absolute atomic E-state index is 12.7. The van der Waals surface area contributed by atoms with Gasteiger partial charge in [-0.05, 0) is 32.1 Å². The number of aliphatic carboxylic acids is 2. The van der Waals surface area contributed by atoms with E-state index in [1.807, 2.05) is 6.92 Å². The van der Waals surface area contributed by atoms with Gasteiger partial charge in [-0.2, -0.15) is 4.31 Å². The molecule has 1 amide bonds. The van der Waals surface area contributed by atoms with E-state index in [0.717, 1.165) is 31.7 Å². The van der Waals surface area contributed by atoms with E-state index in [1.165, 1.54) is 4.31 Å². The number of likely N-dealkylation sites (N-methyl/N-ethyl adjacent to an activating group) is 1. The van der Waals surface area contributed by atoms with E-state index in [1.54, 1.807) is 29.2 Å². The van der Waals surface area contributed by atoms with Crippen molar-refractivity contribution in [3.8, 4) is 0 Å². The number of benzene rings is 1. The third-order valence-electron chi connectivity index (χ3n) is 5.21. The molecule has 0 unspecified atom stereocenters.